The molecule has 0 unspecified atom stereocenters. The van der Waals surface area contributed by atoms with Gasteiger partial charge in [-0.3, -0.25) is 10.1 Å². The van der Waals surface area contributed by atoms with Crippen LogP contribution in [0.4, 0.5) is 4.79 Å². The van der Waals surface area contributed by atoms with Crippen LogP contribution in [0.15, 0.2) is 61.2 Å². The topological polar surface area (TPSA) is 106 Å². The Morgan fingerprint density at radius 3 is 2.26 bits per heavy atom. The molecule has 232 valence electrons. The molecular weight excluding hydrogens is 544 g/mol. The Morgan fingerprint density at radius 2 is 1.63 bits per heavy atom. The Balaban J connectivity index is 1.01. The summed E-state index contributed by atoms with van der Waals surface area (Å²) in [7, 11) is 0. The number of alkyl carbamates (subject to hydrolysis) is 1. The van der Waals surface area contributed by atoms with Crippen molar-refractivity contribution in [2.24, 2.45) is 5.92 Å². The SMILES string of the molecule is C=CCC[C@@H]1CCC[C@]2(CCC[C@@H](CCCNC(=O)[C@@H](C)[C@@H](O)NC(=O)OCC3c4ccccc4-c4ccccc43)O2)O1. The highest BCUT2D eigenvalue weighted by Gasteiger charge is 2.42. The second kappa shape index (κ2) is 14.5. The molecule has 2 aromatic carbocycles. The number of hydrogen-bond acceptors (Lipinski definition) is 6. The van der Waals surface area contributed by atoms with E-state index < -0.39 is 24.0 Å². The number of aliphatic hydroxyl groups is 1. The van der Waals surface area contributed by atoms with E-state index in [1.54, 1.807) is 6.92 Å². The minimum absolute atomic E-state index is 0.0811. The predicted octanol–water partition coefficient (Wildman–Crippen LogP) is 6.18. The van der Waals surface area contributed by atoms with E-state index in [0.29, 0.717) is 6.54 Å². The van der Waals surface area contributed by atoms with E-state index >= 15 is 0 Å². The van der Waals surface area contributed by atoms with Crippen molar-refractivity contribution in [2.45, 2.75) is 101 Å². The molecule has 0 aromatic heterocycles. The summed E-state index contributed by atoms with van der Waals surface area (Å²) in [5.74, 6) is -1.70. The van der Waals surface area contributed by atoms with Crippen molar-refractivity contribution in [3.8, 4) is 11.1 Å². The zero-order chi connectivity index (χ0) is 30.2. The van der Waals surface area contributed by atoms with Crippen LogP contribution in [0.3, 0.4) is 0 Å². The Kier molecular flexibility index (Phi) is 10.5. The lowest BCUT2D eigenvalue weighted by atomic mass is 9.91. The van der Waals surface area contributed by atoms with Crippen LogP contribution in [0.25, 0.3) is 11.1 Å². The molecule has 8 heteroatoms. The average molecular weight is 591 g/mol. The van der Waals surface area contributed by atoms with Crippen LogP contribution in [-0.2, 0) is 19.0 Å². The molecule has 2 heterocycles. The first kappa shape index (κ1) is 31.2. The Morgan fingerprint density at radius 1 is 1.02 bits per heavy atom. The number of benzene rings is 2. The average Bonchev–Trinajstić information content (AvgIpc) is 3.34. The molecule has 2 saturated heterocycles. The normalized spacial score (nSPS) is 24.4. The molecule has 2 amide bonds. The molecule has 5 rings (SSSR count). The number of rotatable bonds is 12. The first-order valence-corrected chi connectivity index (χ1v) is 15.9. The second-order valence-electron chi connectivity index (χ2n) is 12.2. The lowest BCUT2D eigenvalue weighted by Crippen LogP contribution is -2.48. The standard InChI is InChI=1S/C35H46N2O6/c1-3-4-12-25-13-9-20-35(42-25)21-10-14-26(43-35)15-11-22-36-32(38)24(2)33(39)37-34(40)41-23-31-29-18-7-5-16-27(29)28-17-6-8-19-30(28)31/h3,5-8,16-19,24-26,31,33,39H,1,4,9-15,20-23H2,2H3,(H,36,38)(H,37,40)/t24-,25-,26+,33-,35+/m1/s1. The van der Waals surface area contributed by atoms with E-state index in [1.165, 1.54) is 0 Å². The van der Waals surface area contributed by atoms with Crippen molar-refractivity contribution in [1.29, 1.82) is 0 Å². The van der Waals surface area contributed by atoms with Gasteiger partial charge in [-0.15, -0.1) is 6.58 Å². The first-order chi connectivity index (χ1) is 20.9. The van der Waals surface area contributed by atoms with E-state index in [1.807, 2.05) is 42.5 Å². The maximum atomic E-state index is 12.7. The van der Waals surface area contributed by atoms with Crippen molar-refractivity contribution in [3.05, 3.63) is 72.3 Å². The lowest BCUT2D eigenvalue weighted by Gasteiger charge is -2.46. The van der Waals surface area contributed by atoms with Crippen LogP contribution < -0.4 is 10.6 Å². The fourth-order valence-electron chi connectivity index (χ4n) is 6.75. The van der Waals surface area contributed by atoms with E-state index in [4.69, 9.17) is 14.2 Å². The van der Waals surface area contributed by atoms with Crippen molar-refractivity contribution < 1.29 is 28.9 Å². The van der Waals surface area contributed by atoms with Crippen LogP contribution in [0.2, 0.25) is 0 Å². The largest absolute Gasteiger partial charge is 0.448 e. The molecule has 2 aliphatic heterocycles. The third-order valence-corrected chi connectivity index (χ3v) is 9.12. The van der Waals surface area contributed by atoms with Gasteiger partial charge in [0.1, 0.15) is 12.8 Å². The van der Waals surface area contributed by atoms with Crippen LogP contribution in [0.5, 0.6) is 0 Å². The molecule has 2 fully saturated rings. The number of amides is 2. The monoisotopic (exact) mass is 590 g/mol. The minimum Gasteiger partial charge on any atom is -0.448 e. The summed E-state index contributed by atoms with van der Waals surface area (Å²) in [6.45, 7) is 6.02. The highest BCUT2D eigenvalue weighted by molar-refractivity contribution is 5.80. The van der Waals surface area contributed by atoms with Crippen molar-refractivity contribution in [2.75, 3.05) is 13.2 Å². The predicted molar refractivity (Wildman–Crippen MR) is 165 cm³/mol. The number of hydrogen-bond donors (Lipinski definition) is 3. The fraction of sp³-hybridized carbons (Fsp3) is 0.543. The van der Waals surface area contributed by atoms with Crippen LogP contribution in [0.1, 0.15) is 88.2 Å². The molecule has 3 aliphatic rings. The van der Waals surface area contributed by atoms with E-state index in [9.17, 15) is 14.7 Å². The summed E-state index contributed by atoms with van der Waals surface area (Å²) >= 11 is 0. The zero-order valence-electron chi connectivity index (χ0n) is 25.3. The summed E-state index contributed by atoms with van der Waals surface area (Å²) in [6, 6.07) is 16.2. The van der Waals surface area contributed by atoms with E-state index in [2.05, 4.69) is 29.3 Å². The number of fused-ring (bicyclic) bond motifs is 3. The highest BCUT2D eigenvalue weighted by Crippen LogP contribution is 2.44. The number of carbonyl (C=O) groups excluding carboxylic acids is 2. The number of nitrogens with one attached hydrogen (secondary N) is 2. The van der Waals surface area contributed by atoms with Gasteiger partial charge in [-0.2, -0.15) is 0 Å². The van der Waals surface area contributed by atoms with Crippen molar-refractivity contribution in [1.82, 2.24) is 10.6 Å². The number of ether oxygens (including phenoxy) is 3. The maximum absolute atomic E-state index is 12.7. The first-order valence-electron chi connectivity index (χ1n) is 15.9. The number of allylic oxidation sites excluding steroid dienone is 1. The third kappa shape index (κ3) is 7.66. The summed E-state index contributed by atoms with van der Waals surface area (Å²) < 4.78 is 18.5. The summed E-state index contributed by atoms with van der Waals surface area (Å²) in [6.07, 6.45) is 9.87. The maximum Gasteiger partial charge on any atom is 0.409 e. The summed E-state index contributed by atoms with van der Waals surface area (Å²) in [5.41, 5.74) is 4.50. The molecule has 43 heavy (non-hydrogen) atoms. The van der Waals surface area contributed by atoms with Crippen molar-refractivity contribution >= 4 is 12.0 Å². The minimum atomic E-state index is -1.37. The highest BCUT2D eigenvalue weighted by atomic mass is 16.7. The molecule has 1 aliphatic carbocycles. The molecule has 0 bridgehead atoms. The lowest BCUT2D eigenvalue weighted by molar-refractivity contribution is -0.315. The van der Waals surface area contributed by atoms with Gasteiger partial charge in [-0.05, 0) is 80.5 Å². The second-order valence-corrected chi connectivity index (χ2v) is 12.2. The molecule has 3 N–H and O–H groups in total. The summed E-state index contributed by atoms with van der Waals surface area (Å²) in [4.78, 5) is 25.2. The fourth-order valence-corrected chi connectivity index (χ4v) is 6.75. The number of aliphatic hydroxyl groups excluding tert-OH is 1. The van der Waals surface area contributed by atoms with Crippen LogP contribution >= 0.6 is 0 Å². The third-order valence-electron chi connectivity index (χ3n) is 9.12. The van der Waals surface area contributed by atoms with Gasteiger partial charge in [0.05, 0.1) is 18.1 Å². The van der Waals surface area contributed by atoms with E-state index in [-0.39, 0.29) is 30.6 Å². The Hall–Kier alpha value is -3.20. The van der Waals surface area contributed by atoms with Gasteiger partial charge in [0.25, 0.3) is 0 Å². The Labute approximate surface area is 255 Å². The molecule has 5 atom stereocenters. The molecule has 0 saturated carbocycles. The quantitative estimate of drug-likeness (QED) is 0.155. The number of carbonyl (C=O) groups is 2. The Bertz CT molecular complexity index is 1220. The molecule has 8 nitrogen and oxygen atoms in total. The molecular formula is C35H46N2O6. The van der Waals surface area contributed by atoms with Gasteiger partial charge < -0.3 is 24.6 Å². The van der Waals surface area contributed by atoms with Crippen LogP contribution in [-0.4, -0.2) is 54.5 Å². The van der Waals surface area contributed by atoms with E-state index in [0.717, 1.165) is 86.5 Å². The van der Waals surface area contributed by atoms with Gasteiger partial charge in [-0.1, -0.05) is 54.6 Å². The smallest absolute Gasteiger partial charge is 0.409 e. The summed E-state index contributed by atoms with van der Waals surface area (Å²) in [5, 5.41) is 15.8. The molecule has 1 spiro atoms. The van der Waals surface area contributed by atoms with Crippen LogP contribution in [0, 0.1) is 5.92 Å². The molecule has 2 aromatic rings. The van der Waals surface area contributed by atoms with Gasteiger partial charge in [0.15, 0.2) is 5.79 Å². The van der Waals surface area contributed by atoms with Gasteiger partial charge >= 0.3 is 6.09 Å². The van der Waals surface area contributed by atoms with Crippen molar-refractivity contribution in [3.63, 3.8) is 0 Å². The van der Waals surface area contributed by atoms with Gasteiger partial charge in [0.2, 0.25) is 5.91 Å². The van der Waals surface area contributed by atoms with Gasteiger partial charge in [0, 0.05) is 25.3 Å². The molecule has 0 radical (unpaired) electrons. The van der Waals surface area contributed by atoms with Gasteiger partial charge in [-0.25, -0.2) is 4.79 Å². The zero-order valence-corrected chi connectivity index (χ0v) is 25.3.